The summed E-state index contributed by atoms with van der Waals surface area (Å²) in [6.45, 7) is 0. The molecule has 5 fully saturated rings. The van der Waals surface area contributed by atoms with Gasteiger partial charge < -0.3 is 28.4 Å². The SMILES string of the molecule is O1C2OC3OC1C1OC2OC3O1. The van der Waals surface area contributed by atoms with Crippen molar-refractivity contribution in [3.63, 3.8) is 0 Å². The van der Waals surface area contributed by atoms with E-state index in [9.17, 15) is 0 Å². The van der Waals surface area contributed by atoms with Gasteiger partial charge in [0.05, 0.1) is 0 Å². The molecule has 6 bridgehead atoms. The van der Waals surface area contributed by atoms with Crippen LogP contribution in [0.2, 0.25) is 0 Å². The third-order valence-electron chi connectivity index (χ3n) is 2.28. The molecular formula is C6H6O6. The van der Waals surface area contributed by atoms with E-state index in [1.165, 1.54) is 0 Å². The lowest BCUT2D eigenvalue weighted by molar-refractivity contribution is -0.617. The normalized spacial score (nSPS) is 66.0. The van der Waals surface area contributed by atoms with E-state index < -0.39 is 37.7 Å². The maximum absolute atomic E-state index is 5.29. The maximum Gasteiger partial charge on any atom is 0.215 e. The van der Waals surface area contributed by atoms with Crippen LogP contribution in [-0.4, -0.2) is 37.7 Å². The van der Waals surface area contributed by atoms with Crippen LogP contribution in [0.15, 0.2) is 0 Å². The highest BCUT2D eigenvalue weighted by Gasteiger charge is 2.60. The van der Waals surface area contributed by atoms with Gasteiger partial charge in [-0.2, -0.15) is 0 Å². The van der Waals surface area contributed by atoms with Crippen molar-refractivity contribution in [2.45, 2.75) is 37.7 Å². The molecule has 0 amide bonds. The van der Waals surface area contributed by atoms with Gasteiger partial charge in [-0.3, -0.25) is 0 Å². The first-order valence-corrected chi connectivity index (χ1v) is 3.83. The van der Waals surface area contributed by atoms with Crippen LogP contribution in [0.3, 0.4) is 0 Å². The second-order valence-electron chi connectivity index (χ2n) is 3.03. The van der Waals surface area contributed by atoms with E-state index in [0.29, 0.717) is 0 Å². The minimum atomic E-state index is -0.454. The fourth-order valence-electron chi connectivity index (χ4n) is 1.76. The molecule has 66 valence electrons. The summed E-state index contributed by atoms with van der Waals surface area (Å²) in [4.78, 5) is 0. The molecule has 5 aliphatic rings. The van der Waals surface area contributed by atoms with E-state index in [0.717, 1.165) is 0 Å². The molecule has 0 aliphatic carbocycles. The van der Waals surface area contributed by atoms with Gasteiger partial charge in [0, 0.05) is 0 Å². The molecule has 0 spiro atoms. The minimum absolute atomic E-state index is 0.454. The van der Waals surface area contributed by atoms with Crippen molar-refractivity contribution in [2.24, 2.45) is 0 Å². The molecule has 5 rings (SSSR count). The number of rotatable bonds is 0. The molecule has 0 aromatic carbocycles. The van der Waals surface area contributed by atoms with Crippen LogP contribution in [0.25, 0.3) is 0 Å². The molecule has 0 aromatic heterocycles. The van der Waals surface area contributed by atoms with Crippen LogP contribution in [0.4, 0.5) is 0 Å². The molecule has 6 heteroatoms. The van der Waals surface area contributed by atoms with Crippen molar-refractivity contribution in [1.82, 2.24) is 0 Å². The van der Waals surface area contributed by atoms with Gasteiger partial charge in [-0.15, -0.1) is 0 Å². The fourth-order valence-corrected chi connectivity index (χ4v) is 1.76. The van der Waals surface area contributed by atoms with Crippen LogP contribution in [-0.2, 0) is 28.4 Å². The summed E-state index contributed by atoms with van der Waals surface area (Å²) in [5, 5.41) is 0. The first kappa shape index (κ1) is 6.25. The Labute approximate surface area is 67.2 Å². The van der Waals surface area contributed by atoms with Crippen LogP contribution in [0.5, 0.6) is 0 Å². The van der Waals surface area contributed by atoms with Gasteiger partial charge >= 0.3 is 0 Å². The predicted molar refractivity (Wildman–Crippen MR) is 29.2 cm³/mol. The van der Waals surface area contributed by atoms with Gasteiger partial charge in [0.2, 0.25) is 37.7 Å². The van der Waals surface area contributed by atoms with E-state index in [2.05, 4.69) is 0 Å². The maximum atomic E-state index is 5.29. The summed E-state index contributed by atoms with van der Waals surface area (Å²) in [6, 6.07) is 0. The highest BCUT2D eigenvalue weighted by molar-refractivity contribution is 4.81. The third-order valence-corrected chi connectivity index (χ3v) is 2.28. The topological polar surface area (TPSA) is 55.4 Å². The molecule has 5 aliphatic heterocycles. The number of hydrogen-bond donors (Lipinski definition) is 0. The van der Waals surface area contributed by atoms with E-state index in [1.807, 2.05) is 0 Å². The average Bonchev–Trinajstić information content (AvgIpc) is 2.12. The summed E-state index contributed by atoms with van der Waals surface area (Å²) in [6.07, 6.45) is -2.72. The summed E-state index contributed by atoms with van der Waals surface area (Å²) < 4.78 is 31.7. The Hall–Kier alpha value is -0.240. The van der Waals surface area contributed by atoms with Gasteiger partial charge in [-0.1, -0.05) is 0 Å². The lowest BCUT2D eigenvalue weighted by Gasteiger charge is -2.56. The zero-order valence-corrected chi connectivity index (χ0v) is 5.91. The standard InChI is InChI=1S/C6H6O6/c7-1-2-9-5-3(7)11-4(8-1)6(10-2)12-5/h1-6H. The molecule has 5 saturated heterocycles. The van der Waals surface area contributed by atoms with Gasteiger partial charge in [0.15, 0.2) is 0 Å². The van der Waals surface area contributed by atoms with Crippen LogP contribution < -0.4 is 0 Å². The average molecular weight is 174 g/mol. The number of ether oxygens (including phenoxy) is 6. The number of hydrogen-bond acceptors (Lipinski definition) is 6. The fraction of sp³-hybridized carbons (Fsp3) is 1.00. The van der Waals surface area contributed by atoms with Crippen molar-refractivity contribution in [3.05, 3.63) is 0 Å². The molecule has 0 radical (unpaired) electrons. The first-order valence-electron chi connectivity index (χ1n) is 3.83. The lowest BCUT2D eigenvalue weighted by atomic mass is 10.3. The molecular weight excluding hydrogens is 168 g/mol. The Balaban J connectivity index is 1.82. The largest absolute Gasteiger partial charge is 0.313 e. The van der Waals surface area contributed by atoms with Crippen LogP contribution in [0.1, 0.15) is 0 Å². The highest BCUT2D eigenvalue weighted by Crippen LogP contribution is 2.42. The molecule has 12 heavy (non-hydrogen) atoms. The van der Waals surface area contributed by atoms with E-state index in [1.54, 1.807) is 0 Å². The molecule has 0 N–H and O–H groups in total. The Morgan fingerprint density at radius 2 is 0.500 bits per heavy atom. The molecule has 5 heterocycles. The zero-order chi connectivity index (χ0) is 7.71. The van der Waals surface area contributed by atoms with Crippen molar-refractivity contribution in [3.8, 4) is 0 Å². The second kappa shape index (κ2) is 1.82. The first-order chi connectivity index (χ1) is 5.90. The summed E-state index contributed by atoms with van der Waals surface area (Å²) in [7, 11) is 0. The Morgan fingerprint density at radius 3 is 0.667 bits per heavy atom. The van der Waals surface area contributed by atoms with Gasteiger partial charge in [0.1, 0.15) is 0 Å². The van der Waals surface area contributed by atoms with Crippen molar-refractivity contribution < 1.29 is 28.4 Å². The Morgan fingerprint density at radius 1 is 0.333 bits per heavy atom. The van der Waals surface area contributed by atoms with Gasteiger partial charge in [-0.05, 0) is 0 Å². The van der Waals surface area contributed by atoms with E-state index >= 15 is 0 Å². The van der Waals surface area contributed by atoms with Gasteiger partial charge in [-0.25, -0.2) is 0 Å². The molecule has 0 saturated carbocycles. The smallest absolute Gasteiger partial charge is 0.215 e. The van der Waals surface area contributed by atoms with Crippen molar-refractivity contribution >= 4 is 0 Å². The Bertz CT molecular complexity index is 158. The lowest BCUT2D eigenvalue weighted by Crippen LogP contribution is -2.71. The Kier molecular flexibility index (Phi) is 0.946. The van der Waals surface area contributed by atoms with Crippen molar-refractivity contribution in [1.29, 1.82) is 0 Å². The summed E-state index contributed by atoms with van der Waals surface area (Å²) >= 11 is 0. The second-order valence-corrected chi connectivity index (χ2v) is 3.03. The van der Waals surface area contributed by atoms with E-state index in [-0.39, 0.29) is 0 Å². The quantitative estimate of drug-likeness (QED) is 0.474. The zero-order valence-electron chi connectivity index (χ0n) is 5.91. The monoisotopic (exact) mass is 174 g/mol. The highest BCUT2D eigenvalue weighted by atomic mass is 17.0. The van der Waals surface area contributed by atoms with Gasteiger partial charge in [0.25, 0.3) is 0 Å². The molecule has 0 unspecified atom stereocenters. The molecule has 0 atom stereocenters. The predicted octanol–water partition coefficient (Wildman–Crippen LogP) is -0.903. The minimum Gasteiger partial charge on any atom is -0.313 e. The summed E-state index contributed by atoms with van der Waals surface area (Å²) in [5.74, 6) is 0. The van der Waals surface area contributed by atoms with Crippen LogP contribution >= 0.6 is 0 Å². The molecule has 6 nitrogen and oxygen atoms in total. The van der Waals surface area contributed by atoms with Crippen LogP contribution in [0, 0.1) is 0 Å². The molecule has 0 aromatic rings. The third kappa shape index (κ3) is 0.586. The van der Waals surface area contributed by atoms with E-state index in [4.69, 9.17) is 28.4 Å². The van der Waals surface area contributed by atoms with Crippen molar-refractivity contribution in [2.75, 3.05) is 0 Å². The summed E-state index contributed by atoms with van der Waals surface area (Å²) in [5.41, 5.74) is 0.